The molecule has 28 heteroatoms. The molecule has 25 nitrogen and oxygen atoms in total. The normalized spacial score (nSPS) is 17.2. The number of carbonyl (C=O) groups excluding carboxylic acids is 5. The maximum absolute atomic E-state index is 16.0. The van der Waals surface area contributed by atoms with Crippen LogP contribution in [0.4, 0.5) is 19.1 Å². The van der Waals surface area contributed by atoms with Gasteiger partial charge in [0.25, 0.3) is 17.9 Å². The molecular weight excluding hydrogens is 978 g/mol. The zero-order valence-corrected chi connectivity index (χ0v) is 42.7. The number of amides is 4. The van der Waals surface area contributed by atoms with Gasteiger partial charge in [0.05, 0.1) is 36.9 Å². The van der Waals surface area contributed by atoms with Crippen LogP contribution in [0.3, 0.4) is 0 Å². The molecule has 3 aromatic rings. The molecule has 2 aliphatic rings. The molecule has 5 rings (SSSR count). The van der Waals surface area contributed by atoms with Gasteiger partial charge < -0.3 is 38.6 Å². The van der Waals surface area contributed by atoms with Crippen molar-refractivity contribution in [3.8, 4) is 16.9 Å². The van der Waals surface area contributed by atoms with Gasteiger partial charge in [-0.05, 0) is 106 Å². The van der Waals surface area contributed by atoms with Gasteiger partial charge in [-0.15, -0.1) is 16.0 Å². The minimum Gasteiger partial charge on any atom is -0.724 e. The third-order valence-electron chi connectivity index (χ3n) is 9.88. The number of esters is 1. The summed E-state index contributed by atoms with van der Waals surface area (Å²) in [6, 6.07) is 5.18. The Morgan fingerprint density at radius 1 is 1.01 bits per heavy atom. The number of hydrogen-bond acceptors (Lipinski definition) is 18. The van der Waals surface area contributed by atoms with Crippen molar-refractivity contribution < 1.29 is 74.1 Å². The smallest absolute Gasteiger partial charge is 0.413 e. The highest BCUT2D eigenvalue weighted by Crippen LogP contribution is 2.33. The van der Waals surface area contributed by atoms with Crippen LogP contribution in [0.1, 0.15) is 88.3 Å². The van der Waals surface area contributed by atoms with E-state index in [4.69, 9.17) is 29.3 Å². The first kappa shape index (κ1) is 55.3. The number of anilines is 1. The van der Waals surface area contributed by atoms with Crippen molar-refractivity contribution in [2.24, 2.45) is 10.3 Å². The summed E-state index contributed by atoms with van der Waals surface area (Å²) in [6.45, 7) is 17.2. The molecular formula is C43H58FN11O14S2. The molecule has 2 aromatic heterocycles. The molecule has 2 aliphatic heterocycles. The Kier molecular flexibility index (Phi) is 16.7. The lowest BCUT2D eigenvalue weighted by Crippen LogP contribution is -2.76. The number of hydroxylamine groups is 2. The first-order valence-electron chi connectivity index (χ1n) is 22.0. The van der Waals surface area contributed by atoms with Crippen LogP contribution in [0.15, 0.2) is 52.3 Å². The van der Waals surface area contributed by atoms with E-state index in [1.165, 1.54) is 24.1 Å². The van der Waals surface area contributed by atoms with E-state index in [1.807, 2.05) is 0 Å². The van der Waals surface area contributed by atoms with Crippen molar-refractivity contribution in [2.45, 2.75) is 136 Å². The lowest BCUT2D eigenvalue weighted by Gasteiger charge is -2.51. The Hall–Kier alpha value is -6.61. The molecule has 0 aliphatic carbocycles. The number of aromatic nitrogens is 3. The zero-order chi connectivity index (χ0) is 52.9. The maximum Gasteiger partial charge on any atom is 0.413 e. The van der Waals surface area contributed by atoms with E-state index in [0.29, 0.717) is 29.2 Å². The van der Waals surface area contributed by atoms with Crippen LogP contribution in [-0.4, -0.2) is 135 Å². The molecule has 0 spiro atoms. The van der Waals surface area contributed by atoms with Crippen molar-refractivity contribution >= 4 is 62.5 Å². The number of β-lactam (4-membered cyclic amide) rings is 1. The summed E-state index contributed by atoms with van der Waals surface area (Å²) < 4.78 is 79.8. The fourth-order valence-corrected chi connectivity index (χ4v) is 7.93. The number of rotatable bonds is 19. The van der Waals surface area contributed by atoms with Crippen molar-refractivity contribution in [1.29, 1.82) is 0 Å². The number of aryl methyl sites for hydroxylation is 1. The third kappa shape index (κ3) is 15.7. The summed E-state index contributed by atoms with van der Waals surface area (Å²) >= 11 is 0.862. The van der Waals surface area contributed by atoms with Crippen LogP contribution in [0.2, 0.25) is 0 Å². The molecule has 71 heavy (non-hydrogen) atoms. The van der Waals surface area contributed by atoms with E-state index in [1.54, 1.807) is 108 Å². The third-order valence-corrected chi connectivity index (χ3v) is 11.0. The molecule has 0 radical (unpaired) electrons. The van der Waals surface area contributed by atoms with E-state index in [9.17, 15) is 36.9 Å². The van der Waals surface area contributed by atoms with Crippen LogP contribution < -0.4 is 20.1 Å². The highest BCUT2D eigenvalue weighted by Gasteiger charge is 2.58. The van der Waals surface area contributed by atoms with E-state index >= 15 is 4.39 Å². The predicted molar refractivity (Wildman–Crippen MR) is 249 cm³/mol. The molecule has 0 bridgehead atoms. The van der Waals surface area contributed by atoms with Crippen molar-refractivity contribution in [2.75, 3.05) is 31.6 Å². The Bertz CT molecular complexity index is 2660. The molecule has 0 unspecified atom stereocenters. The van der Waals surface area contributed by atoms with Crippen LogP contribution in [0.5, 0.6) is 5.75 Å². The van der Waals surface area contributed by atoms with E-state index in [2.05, 4.69) is 35.1 Å². The average Bonchev–Trinajstić information content (AvgIpc) is 3.85. The fraction of sp³-hybridized carbons (Fsp3) is 0.581. The quantitative estimate of drug-likeness (QED) is 0.0131. The van der Waals surface area contributed by atoms with Gasteiger partial charge in [0.15, 0.2) is 10.8 Å². The average molecular weight is 1040 g/mol. The standard InChI is InChI=1S/C43H58FN11O14S2/c1-39(2,3)65-35(58)30(68-50-31(29-22-70-36(47-29)49-37(59)66-40(4,5)6)33(56)48-32-34(57)55(42(32,10)11)69-71(61,62)63)21-64-28-15-13-26(14-16-28)27-19-53(18-12-17-46-51-45)54(20-27)25-43(44)23-52(24-43)38(60)67-41(7,8)9/h13-16,19-20,22,30,32H,12,17-18,21,23-25H2,1-11H3,(H2-,47,48,49,56,59,61,62,63)/b50-31-/t30-,32+/m0/s1. The first-order chi connectivity index (χ1) is 32.7. The molecule has 2 N–H and O–H groups in total. The number of azide groups is 1. The Labute approximate surface area is 413 Å². The number of likely N-dealkylation sites (tertiary alicyclic amines) is 1. The Morgan fingerprint density at radius 3 is 2.23 bits per heavy atom. The van der Waals surface area contributed by atoms with Crippen LogP contribution in [-0.2, 0) is 61.2 Å². The highest BCUT2D eigenvalue weighted by molar-refractivity contribution is 7.80. The summed E-state index contributed by atoms with van der Waals surface area (Å²) in [5.41, 5.74) is 3.38. The molecule has 1 aromatic carbocycles. The number of benzene rings is 1. The van der Waals surface area contributed by atoms with E-state index in [0.717, 1.165) is 11.3 Å². The predicted octanol–water partition coefficient (Wildman–Crippen LogP) is 4.91. The molecule has 2 saturated heterocycles. The van der Waals surface area contributed by atoms with Crippen LogP contribution in [0.25, 0.3) is 21.6 Å². The largest absolute Gasteiger partial charge is 0.724 e. The zero-order valence-electron chi connectivity index (χ0n) is 41.1. The number of oxime groups is 1. The Balaban J connectivity index is 1.37. The summed E-state index contributed by atoms with van der Waals surface area (Å²) in [5.74, 6) is -2.90. The van der Waals surface area contributed by atoms with Gasteiger partial charge in [0, 0.05) is 16.8 Å². The number of ether oxygens (including phenoxy) is 4. The van der Waals surface area contributed by atoms with Gasteiger partial charge in [-0.3, -0.25) is 14.9 Å². The lowest BCUT2D eigenvalue weighted by atomic mass is 9.84. The number of hydrogen-bond donors (Lipinski definition) is 2. The second-order valence-corrected chi connectivity index (χ2v) is 21.8. The van der Waals surface area contributed by atoms with Gasteiger partial charge in [0.1, 0.15) is 40.9 Å². The van der Waals surface area contributed by atoms with Crippen LogP contribution in [0, 0.1) is 0 Å². The number of thiazole rings is 1. The molecule has 2 fully saturated rings. The van der Waals surface area contributed by atoms with Gasteiger partial charge in [-0.2, -0.15) is 14.0 Å². The molecule has 0 saturated carbocycles. The van der Waals surface area contributed by atoms with E-state index in [-0.39, 0.29) is 42.8 Å². The monoisotopic (exact) mass is 1040 g/mol. The summed E-state index contributed by atoms with van der Waals surface area (Å²) in [5, 5.41) is 14.0. The maximum atomic E-state index is 16.0. The second-order valence-electron chi connectivity index (χ2n) is 20.0. The number of halogens is 1. The van der Waals surface area contributed by atoms with Crippen LogP contribution >= 0.6 is 11.3 Å². The van der Waals surface area contributed by atoms with Gasteiger partial charge in [-0.25, -0.2) is 32.2 Å². The SMILES string of the molecule is CC(C)(C)OC(=O)Nc1nc(/C(=N/O[C@@H](COc2ccc(-c3cn(CCCN=[N+]=[N-])[n+](CC4(F)CN(C(=O)OC(C)(C)C)C4)c3)cc2)C(=O)OC(C)(C)C)C(=O)N[C@@H]2C(=O)N(OS(=O)(=O)[O-])C2(C)C)cs1. The molecule has 4 amide bonds. The van der Waals surface area contributed by atoms with E-state index < -0.39 is 92.8 Å². The van der Waals surface area contributed by atoms with Gasteiger partial charge in [0.2, 0.25) is 28.8 Å². The second kappa shape index (κ2) is 21.4. The minimum absolute atomic E-state index is 0.0430. The first-order valence-corrected chi connectivity index (χ1v) is 24.2. The van der Waals surface area contributed by atoms with Crippen molar-refractivity contribution in [3.63, 3.8) is 0 Å². The number of alkyl halides is 1. The molecule has 4 heterocycles. The lowest BCUT2D eigenvalue weighted by molar-refractivity contribution is -0.785. The summed E-state index contributed by atoms with van der Waals surface area (Å²) in [6.07, 6.45) is 0.904. The highest BCUT2D eigenvalue weighted by atomic mass is 32.3. The van der Waals surface area contributed by atoms with Crippen molar-refractivity contribution in [3.05, 3.63) is 58.2 Å². The van der Waals surface area contributed by atoms with Crippen molar-refractivity contribution in [1.82, 2.24) is 24.9 Å². The van der Waals surface area contributed by atoms with Gasteiger partial charge >= 0.3 is 18.2 Å². The number of nitrogens with one attached hydrogen (secondary N) is 2. The molecule has 388 valence electrons. The number of nitrogens with zero attached hydrogens (tertiary/aromatic N) is 9. The summed E-state index contributed by atoms with van der Waals surface area (Å²) in [4.78, 5) is 79.5. The Morgan fingerprint density at radius 2 is 1.65 bits per heavy atom. The number of carbonyl (C=O) groups is 5. The minimum atomic E-state index is -5.36. The van der Waals surface area contributed by atoms with Gasteiger partial charge in [-0.1, -0.05) is 22.4 Å². The fourth-order valence-electron chi connectivity index (χ4n) is 6.81. The molecule has 2 atom stereocenters. The summed E-state index contributed by atoms with van der Waals surface area (Å²) in [7, 11) is -5.36. The topological polar surface area (TPSA) is 311 Å².